The van der Waals surface area contributed by atoms with E-state index >= 15 is 0 Å². The molecule has 0 N–H and O–H groups in total. The first-order valence-corrected chi connectivity index (χ1v) is 8.29. The van der Waals surface area contributed by atoms with Gasteiger partial charge >= 0.3 is 0 Å². The molecule has 0 fully saturated rings. The second kappa shape index (κ2) is 6.80. The zero-order chi connectivity index (χ0) is 18.9. The zero-order valence-corrected chi connectivity index (χ0v) is 15.2. The van der Waals surface area contributed by atoms with E-state index in [1.54, 1.807) is 49.6 Å². The third-order valence-corrected chi connectivity index (χ3v) is 4.81. The van der Waals surface area contributed by atoms with Crippen molar-refractivity contribution in [2.75, 3.05) is 21.3 Å². The largest absolute Gasteiger partial charge is 0.493 e. The Morgan fingerprint density at radius 2 is 1.46 bits per heavy atom. The third kappa shape index (κ3) is 2.45. The summed E-state index contributed by atoms with van der Waals surface area (Å²) in [6, 6.07) is 12.0. The molecule has 1 heterocycles. The first kappa shape index (κ1) is 17.9. The van der Waals surface area contributed by atoms with Crippen LogP contribution < -0.4 is 9.47 Å². The van der Waals surface area contributed by atoms with Crippen molar-refractivity contribution >= 4 is 11.8 Å². The zero-order valence-electron chi connectivity index (χ0n) is 15.2. The lowest BCUT2D eigenvalue weighted by Gasteiger charge is -2.39. The average Bonchev–Trinajstić information content (AvgIpc) is 2.95. The minimum absolute atomic E-state index is 0.371. The van der Waals surface area contributed by atoms with E-state index in [2.05, 4.69) is 0 Å². The molecule has 2 aromatic rings. The molecule has 2 amide bonds. The van der Waals surface area contributed by atoms with Crippen molar-refractivity contribution in [2.24, 2.45) is 0 Å². The Bertz CT molecular complexity index is 822. The van der Waals surface area contributed by atoms with E-state index in [-0.39, 0.29) is 11.8 Å². The number of amides is 2. The van der Waals surface area contributed by atoms with Crippen molar-refractivity contribution in [3.8, 4) is 11.5 Å². The van der Waals surface area contributed by atoms with E-state index in [4.69, 9.17) is 14.2 Å². The molecule has 1 aliphatic heterocycles. The lowest BCUT2D eigenvalue weighted by Crippen LogP contribution is -2.50. The number of hydrogen-bond acceptors (Lipinski definition) is 5. The molecule has 1 atom stereocenters. The number of benzene rings is 2. The van der Waals surface area contributed by atoms with E-state index in [1.807, 2.05) is 6.92 Å². The van der Waals surface area contributed by atoms with Crippen LogP contribution in [0.25, 0.3) is 0 Å². The molecule has 1 unspecified atom stereocenters. The first-order valence-electron chi connectivity index (χ1n) is 8.29. The number of carbonyl (C=O) groups is 2. The van der Waals surface area contributed by atoms with Gasteiger partial charge in [0.2, 0.25) is 0 Å². The maximum Gasteiger partial charge on any atom is 0.264 e. The Morgan fingerprint density at radius 1 is 0.885 bits per heavy atom. The maximum atomic E-state index is 13.0. The topological polar surface area (TPSA) is 65.1 Å². The van der Waals surface area contributed by atoms with Gasteiger partial charge in [-0.2, -0.15) is 0 Å². The molecule has 0 saturated carbocycles. The predicted octanol–water partition coefficient (Wildman–Crippen LogP) is 3.21. The normalized spacial score (nSPS) is 15.6. The molecule has 1 aliphatic rings. The summed E-state index contributed by atoms with van der Waals surface area (Å²) in [6.45, 7) is 1.86. The highest BCUT2D eigenvalue weighted by Crippen LogP contribution is 2.41. The summed E-state index contributed by atoms with van der Waals surface area (Å²) in [6.07, 6.45) is 0.379. The van der Waals surface area contributed by atoms with Gasteiger partial charge in [0.25, 0.3) is 11.8 Å². The van der Waals surface area contributed by atoms with Crippen molar-refractivity contribution in [3.05, 3.63) is 59.2 Å². The van der Waals surface area contributed by atoms with E-state index in [9.17, 15) is 9.59 Å². The van der Waals surface area contributed by atoms with Crippen LogP contribution in [0.2, 0.25) is 0 Å². The van der Waals surface area contributed by atoms with Crippen molar-refractivity contribution in [2.45, 2.75) is 19.1 Å². The molecule has 0 bridgehead atoms. The number of imide groups is 1. The molecule has 0 radical (unpaired) electrons. The van der Waals surface area contributed by atoms with Gasteiger partial charge in [-0.3, -0.25) is 9.59 Å². The van der Waals surface area contributed by atoms with Gasteiger partial charge in [0.15, 0.2) is 17.2 Å². The number of nitrogens with zero attached hydrogens (tertiary/aromatic N) is 1. The summed E-state index contributed by atoms with van der Waals surface area (Å²) in [7, 11) is 4.57. The molecule has 0 aromatic heterocycles. The fourth-order valence-electron chi connectivity index (χ4n) is 3.44. The Hall–Kier alpha value is -2.86. The van der Waals surface area contributed by atoms with Crippen molar-refractivity contribution in [1.82, 2.24) is 4.90 Å². The minimum atomic E-state index is -1.24. The summed E-state index contributed by atoms with van der Waals surface area (Å²) in [4.78, 5) is 27.2. The lowest BCUT2D eigenvalue weighted by molar-refractivity contribution is -0.107. The van der Waals surface area contributed by atoms with E-state index in [0.717, 1.165) is 0 Å². The number of methoxy groups -OCH3 is 3. The Kier molecular flexibility index (Phi) is 4.70. The Morgan fingerprint density at radius 3 is 1.92 bits per heavy atom. The standard InChI is InChI=1S/C20H21NO5/c1-5-20(26-4,13-10-11-16(24-2)17(12-13)25-3)21-18(22)14-8-6-7-9-15(14)19(21)23/h6-12H,5H2,1-4H3. The number of fused-ring (bicyclic) bond motifs is 1. The van der Waals surface area contributed by atoms with Gasteiger partial charge in [-0.1, -0.05) is 25.1 Å². The highest BCUT2D eigenvalue weighted by molar-refractivity contribution is 6.21. The van der Waals surface area contributed by atoms with Crippen molar-refractivity contribution in [1.29, 1.82) is 0 Å². The average molecular weight is 355 g/mol. The number of ether oxygens (including phenoxy) is 3. The fraction of sp³-hybridized carbons (Fsp3) is 0.300. The number of carbonyl (C=O) groups excluding carboxylic acids is 2. The number of hydrogen-bond donors (Lipinski definition) is 0. The van der Waals surface area contributed by atoms with E-state index in [0.29, 0.717) is 34.6 Å². The van der Waals surface area contributed by atoms with Gasteiger partial charge in [-0.15, -0.1) is 0 Å². The Balaban J connectivity index is 2.16. The van der Waals surface area contributed by atoms with Crippen LogP contribution in [0.5, 0.6) is 11.5 Å². The summed E-state index contributed by atoms with van der Waals surface area (Å²) < 4.78 is 16.4. The summed E-state index contributed by atoms with van der Waals surface area (Å²) in [5.41, 5.74) is 0.155. The smallest absolute Gasteiger partial charge is 0.264 e. The minimum Gasteiger partial charge on any atom is -0.493 e. The summed E-state index contributed by atoms with van der Waals surface area (Å²) >= 11 is 0. The monoisotopic (exact) mass is 355 g/mol. The van der Waals surface area contributed by atoms with Gasteiger partial charge in [-0.05, 0) is 30.7 Å². The van der Waals surface area contributed by atoms with E-state index < -0.39 is 5.72 Å². The van der Waals surface area contributed by atoms with E-state index in [1.165, 1.54) is 19.1 Å². The molecular weight excluding hydrogens is 334 g/mol. The molecule has 0 aliphatic carbocycles. The van der Waals surface area contributed by atoms with Crippen molar-refractivity contribution < 1.29 is 23.8 Å². The highest BCUT2D eigenvalue weighted by atomic mass is 16.5. The molecule has 6 heteroatoms. The van der Waals surface area contributed by atoms with Gasteiger partial charge in [0, 0.05) is 12.7 Å². The van der Waals surface area contributed by atoms with Crippen LogP contribution in [0.1, 0.15) is 39.6 Å². The number of rotatable bonds is 6. The van der Waals surface area contributed by atoms with Crippen LogP contribution in [-0.4, -0.2) is 38.0 Å². The maximum absolute atomic E-state index is 13.0. The third-order valence-electron chi connectivity index (χ3n) is 4.81. The molecule has 0 spiro atoms. The molecule has 2 aromatic carbocycles. The van der Waals surface area contributed by atoms with Crippen LogP contribution in [0.4, 0.5) is 0 Å². The Labute approximate surface area is 152 Å². The predicted molar refractivity (Wildman–Crippen MR) is 95.5 cm³/mol. The second-order valence-electron chi connectivity index (χ2n) is 5.90. The fourth-order valence-corrected chi connectivity index (χ4v) is 3.44. The molecule has 6 nitrogen and oxygen atoms in total. The molecular formula is C20H21NO5. The van der Waals surface area contributed by atoms with Crippen LogP contribution in [0, 0.1) is 0 Å². The summed E-state index contributed by atoms with van der Waals surface area (Å²) in [5.74, 6) is 0.310. The van der Waals surface area contributed by atoms with Gasteiger partial charge in [0.1, 0.15) is 0 Å². The highest BCUT2D eigenvalue weighted by Gasteiger charge is 2.49. The molecule has 26 heavy (non-hydrogen) atoms. The molecule has 3 rings (SSSR count). The van der Waals surface area contributed by atoms with Crippen LogP contribution >= 0.6 is 0 Å². The van der Waals surface area contributed by atoms with Crippen molar-refractivity contribution in [3.63, 3.8) is 0 Å². The van der Waals surface area contributed by atoms with Gasteiger partial charge < -0.3 is 14.2 Å². The molecule has 136 valence electrons. The van der Waals surface area contributed by atoms with Crippen LogP contribution in [0.15, 0.2) is 42.5 Å². The first-order chi connectivity index (χ1) is 12.5. The summed E-state index contributed by atoms with van der Waals surface area (Å²) in [5, 5.41) is 0. The van der Waals surface area contributed by atoms with Gasteiger partial charge in [-0.25, -0.2) is 4.90 Å². The lowest BCUT2D eigenvalue weighted by atomic mass is 9.97. The molecule has 0 saturated heterocycles. The second-order valence-corrected chi connectivity index (χ2v) is 5.90. The van der Waals surface area contributed by atoms with Crippen LogP contribution in [0.3, 0.4) is 0 Å². The van der Waals surface area contributed by atoms with Crippen LogP contribution in [-0.2, 0) is 10.5 Å². The SMILES string of the molecule is CCC(OC)(c1ccc(OC)c(OC)c1)N1C(=O)c2ccccc2C1=O. The van der Waals surface area contributed by atoms with Gasteiger partial charge in [0.05, 0.1) is 25.3 Å². The quantitative estimate of drug-likeness (QED) is 0.745.